The Morgan fingerprint density at radius 2 is 2.33 bits per heavy atom. The number of nitrogens with zero attached hydrogens (tertiary/aromatic N) is 5. The van der Waals surface area contributed by atoms with E-state index in [2.05, 4.69) is 15.0 Å². The van der Waals surface area contributed by atoms with Crippen molar-refractivity contribution < 1.29 is 9.90 Å². The minimum atomic E-state index is -0.768. The molecule has 2 aromatic heterocycles. The number of fused-ring (bicyclic) bond motifs is 1. The minimum absolute atomic E-state index is 0.158. The van der Waals surface area contributed by atoms with Crippen molar-refractivity contribution in [3.05, 3.63) is 11.6 Å². The summed E-state index contributed by atoms with van der Waals surface area (Å²) in [5, 5.41) is 9.37. The molecule has 7 nitrogen and oxygen atoms in total. The highest BCUT2D eigenvalue weighted by Gasteiger charge is 2.28. The van der Waals surface area contributed by atoms with E-state index in [1.807, 2.05) is 16.4 Å². The third-order valence-electron chi connectivity index (χ3n) is 3.83. The molecule has 2 aromatic rings. The second-order valence-electron chi connectivity index (χ2n) is 5.14. The molecular weight excluding hydrogens is 294 g/mol. The second kappa shape index (κ2) is 5.48. The van der Waals surface area contributed by atoms with Gasteiger partial charge in [-0.2, -0.15) is 9.97 Å². The maximum Gasteiger partial charge on any atom is 0.308 e. The molecule has 0 aliphatic carbocycles. The lowest BCUT2D eigenvalue weighted by atomic mass is 9.98. The Morgan fingerprint density at radius 1 is 1.52 bits per heavy atom. The highest BCUT2D eigenvalue weighted by Crippen LogP contribution is 2.28. The molecule has 1 unspecified atom stereocenters. The van der Waals surface area contributed by atoms with E-state index in [0.717, 1.165) is 19.5 Å². The molecule has 112 valence electrons. The fourth-order valence-electron chi connectivity index (χ4n) is 2.73. The Hall–Kier alpha value is -1.89. The van der Waals surface area contributed by atoms with Gasteiger partial charge in [-0.1, -0.05) is 0 Å². The fraction of sp³-hybridized carbons (Fsp3) is 0.538. The number of carboxylic acids is 1. The molecule has 0 amide bonds. The largest absolute Gasteiger partial charge is 0.481 e. The van der Waals surface area contributed by atoms with Crippen molar-refractivity contribution >= 4 is 34.6 Å². The van der Waals surface area contributed by atoms with E-state index in [9.17, 15) is 9.90 Å². The SMILES string of the molecule is CCn1cnc2c(N3CCCC(C(=O)O)C3)nc(Cl)nc21. The predicted octanol–water partition coefficient (Wildman–Crippen LogP) is 1.80. The highest BCUT2D eigenvalue weighted by molar-refractivity contribution is 6.28. The quantitative estimate of drug-likeness (QED) is 0.870. The Labute approximate surface area is 126 Å². The molecule has 1 aliphatic rings. The number of piperidine rings is 1. The van der Waals surface area contributed by atoms with Crippen LogP contribution in [0.2, 0.25) is 5.28 Å². The molecule has 1 atom stereocenters. The van der Waals surface area contributed by atoms with Crippen molar-refractivity contribution in [2.75, 3.05) is 18.0 Å². The molecule has 0 spiro atoms. The molecule has 1 N–H and O–H groups in total. The molecule has 1 saturated heterocycles. The molecule has 0 aromatic carbocycles. The normalized spacial score (nSPS) is 19.1. The van der Waals surface area contributed by atoms with Crippen molar-refractivity contribution in [3.63, 3.8) is 0 Å². The van der Waals surface area contributed by atoms with Gasteiger partial charge in [-0.25, -0.2) is 4.98 Å². The third-order valence-corrected chi connectivity index (χ3v) is 4.00. The maximum atomic E-state index is 11.2. The van der Waals surface area contributed by atoms with Crippen molar-refractivity contribution in [3.8, 4) is 0 Å². The summed E-state index contributed by atoms with van der Waals surface area (Å²) in [6, 6.07) is 0. The van der Waals surface area contributed by atoms with E-state index in [1.165, 1.54) is 0 Å². The first kappa shape index (κ1) is 14.1. The van der Waals surface area contributed by atoms with Crippen molar-refractivity contribution in [2.45, 2.75) is 26.3 Å². The zero-order valence-corrected chi connectivity index (χ0v) is 12.4. The van der Waals surface area contributed by atoms with Gasteiger partial charge in [0, 0.05) is 19.6 Å². The summed E-state index contributed by atoms with van der Waals surface area (Å²) >= 11 is 6.02. The van der Waals surface area contributed by atoms with Crippen LogP contribution in [-0.4, -0.2) is 43.7 Å². The number of carbonyl (C=O) groups is 1. The van der Waals surface area contributed by atoms with Gasteiger partial charge >= 0.3 is 5.97 Å². The number of anilines is 1. The van der Waals surface area contributed by atoms with Crippen LogP contribution in [0.15, 0.2) is 6.33 Å². The average Bonchev–Trinajstić information content (AvgIpc) is 2.89. The summed E-state index contributed by atoms with van der Waals surface area (Å²) in [7, 11) is 0. The molecule has 3 heterocycles. The molecule has 0 bridgehead atoms. The van der Waals surface area contributed by atoms with Gasteiger partial charge in [0.25, 0.3) is 0 Å². The van der Waals surface area contributed by atoms with Crippen LogP contribution in [0.25, 0.3) is 11.2 Å². The van der Waals surface area contributed by atoms with Crippen molar-refractivity contribution in [1.29, 1.82) is 0 Å². The summed E-state index contributed by atoms with van der Waals surface area (Å²) in [5.74, 6) is -0.519. The third kappa shape index (κ3) is 2.53. The van der Waals surface area contributed by atoms with Crippen LogP contribution >= 0.6 is 11.6 Å². The molecule has 1 fully saturated rings. The lowest BCUT2D eigenvalue weighted by molar-refractivity contribution is -0.141. The lowest BCUT2D eigenvalue weighted by Gasteiger charge is -2.31. The van der Waals surface area contributed by atoms with Gasteiger partial charge in [-0.15, -0.1) is 0 Å². The van der Waals surface area contributed by atoms with Crippen molar-refractivity contribution in [2.24, 2.45) is 5.92 Å². The van der Waals surface area contributed by atoms with E-state index in [-0.39, 0.29) is 11.2 Å². The molecule has 3 rings (SSSR count). The highest BCUT2D eigenvalue weighted by atomic mass is 35.5. The number of carboxylic acid groups (broad SMARTS) is 1. The molecule has 0 radical (unpaired) electrons. The number of halogens is 1. The van der Waals surface area contributed by atoms with Gasteiger partial charge in [0.1, 0.15) is 0 Å². The standard InChI is InChI=1S/C13H16ClN5O2/c1-2-18-7-15-9-10(18)16-13(14)17-11(9)19-5-3-4-8(6-19)12(20)21/h7-8H,2-6H2,1H3,(H,20,21). The number of imidazole rings is 1. The van der Waals surface area contributed by atoms with Gasteiger partial charge in [-0.05, 0) is 31.4 Å². The topological polar surface area (TPSA) is 84.1 Å². The Balaban J connectivity index is 2.03. The number of aliphatic carboxylic acids is 1. The van der Waals surface area contributed by atoms with Crippen LogP contribution in [0.1, 0.15) is 19.8 Å². The monoisotopic (exact) mass is 309 g/mol. The summed E-state index contributed by atoms with van der Waals surface area (Å²) < 4.78 is 1.89. The predicted molar refractivity (Wildman–Crippen MR) is 78.6 cm³/mol. The van der Waals surface area contributed by atoms with E-state index < -0.39 is 5.97 Å². The fourth-order valence-corrected chi connectivity index (χ4v) is 2.89. The first-order valence-electron chi connectivity index (χ1n) is 6.96. The van der Waals surface area contributed by atoms with Gasteiger partial charge in [0.2, 0.25) is 5.28 Å². The van der Waals surface area contributed by atoms with Crippen LogP contribution < -0.4 is 4.90 Å². The van der Waals surface area contributed by atoms with Gasteiger partial charge in [-0.3, -0.25) is 4.79 Å². The number of aromatic nitrogens is 4. The van der Waals surface area contributed by atoms with Crippen LogP contribution in [0.5, 0.6) is 0 Å². The van der Waals surface area contributed by atoms with E-state index >= 15 is 0 Å². The summed E-state index contributed by atoms with van der Waals surface area (Å²) in [6.07, 6.45) is 3.21. The lowest BCUT2D eigenvalue weighted by Crippen LogP contribution is -2.39. The second-order valence-corrected chi connectivity index (χ2v) is 5.48. The van der Waals surface area contributed by atoms with E-state index in [0.29, 0.717) is 29.9 Å². The number of hydrogen-bond donors (Lipinski definition) is 1. The van der Waals surface area contributed by atoms with Crippen LogP contribution in [0.3, 0.4) is 0 Å². The molecule has 21 heavy (non-hydrogen) atoms. The zero-order valence-electron chi connectivity index (χ0n) is 11.7. The molecule has 1 aliphatic heterocycles. The molecular formula is C13H16ClN5O2. The minimum Gasteiger partial charge on any atom is -0.481 e. The van der Waals surface area contributed by atoms with Crippen LogP contribution in [0, 0.1) is 5.92 Å². The maximum absolute atomic E-state index is 11.2. The van der Waals surface area contributed by atoms with Gasteiger partial charge < -0.3 is 14.6 Å². The number of aryl methyl sites for hydroxylation is 1. The Morgan fingerprint density at radius 3 is 3.05 bits per heavy atom. The number of hydrogen-bond acceptors (Lipinski definition) is 5. The van der Waals surface area contributed by atoms with Crippen LogP contribution in [0.4, 0.5) is 5.82 Å². The number of rotatable bonds is 3. The summed E-state index contributed by atoms with van der Waals surface area (Å²) in [4.78, 5) is 26.0. The first-order chi connectivity index (χ1) is 10.1. The van der Waals surface area contributed by atoms with Gasteiger partial charge in [0.05, 0.1) is 12.2 Å². The van der Waals surface area contributed by atoms with Crippen molar-refractivity contribution in [1.82, 2.24) is 19.5 Å². The Kier molecular flexibility index (Phi) is 3.67. The first-order valence-corrected chi connectivity index (χ1v) is 7.34. The van der Waals surface area contributed by atoms with E-state index in [4.69, 9.17) is 11.6 Å². The van der Waals surface area contributed by atoms with E-state index in [1.54, 1.807) is 6.33 Å². The zero-order chi connectivity index (χ0) is 15.0. The average molecular weight is 310 g/mol. The summed E-state index contributed by atoms with van der Waals surface area (Å²) in [5.41, 5.74) is 1.36. The Bertz CT molecular complexity index is 686. The smallest absolute Gasteiger partial charge is 0.308 e. The van der Waals surface area contributed by atoms with Crippen LogP contribution in [-0.2, 0) is 11.3 Å². The summed E-state index contributed by atoms with van der Waals surface area (Å²) in [6.45, 7) is 3.92. The molecule has 8 heteroatoms. The molecule has 0 saturated carbocycles. The van der Waals surface area contributed by atoms with Gasteiger partial charge in [0.15, 0.2) is 17.0 Å².